The van der Waals surface area contributed by atoms with E-state index < -0.39 is 54.8 Å². The molecule has 4 saturated heterocycles. The van der Waals surface area contributed by atoms with Crippen molar-refractivity contribution in [1.29, 1.82) is 0 Å². The highest BCUT2D eigenvalue weighted by Crippen LogP contribution is 2.32. The van der Waals surface area contributed by atoms with Gasteiger partial charge in [0.25, 0.3) is 0 Å². The highest BCUT2D eigenvalue weighted by molar-refractivity contribution is 5.87. The van der Waals surface area contributed by atoms with E-state index >= 15 is 0 Å². The first kappa shape index (κ1) is 28.4. The van der Waals surface area contributed by atoms with Gasteiger partial charge >= 0.3 is 18.2 Å². The fourth-order valence-corrected chi connectivity index (χ4v) is 6.44. The third-order valence-electron chi connectivity index (χ3n) is 8.39. The van der Waals surface area contributed by atoms with Gasteiger partial charge in [0.05, 0.1) is 6.04 Å². The number of nitrogens with zero attached hydrogens (tertiary/aromatic N) is 3. The molecule has 0 aromatic heterocycles. The second-order valence-electron chi connectivity index (χ2n) is 11.0. The maximum atomic E-state index is 14.5. The summed E-state index contributed by atoms with van der Waals surface area (Å²) < 4.78 is 68.3. The number of urea groups is 2. The van der Waals surface area contributed by atoms with Crippen LogP contribution in [0.2, 0.25) is 0 Å². The van der Waals surface area contributed by atoms with Crippen LogP contribution in [0.25, 0.3) is 0 Å². The van der Waals surface area contributed by atoms with Crippen LogP contribution < -0.4 is 16.0 Å². The van der Waals surface area contributed by atoms with Crippen LogP contribution in [0.15, 0.2) is 18.2 Å². The lowest BCUT2D eigenvalue weighted by Gasteiger charge is -2.40. The van der Waals surface area contributed by atoms with Crippen molar-refractivity contribution in [3.63, 3.8) is 0 Å². The van der Waals surface area contributed by atoms with Gasteiger partial charge in [0.1, 0.15) is 18.8 Å². The lowest BCUT2D eigenvalue weighted by Crippen LogP contribution is -2.56. The first-order chi connectivity index (χ1) is 19.0. The molecule has 1 aromatic carbocycles. The number of hydrogen-bond donors (Lipinski definition) is 3. The maximum absolute atomic E-state index is 14.5. The van der Waals surface area contributed by atoms with Crippen LogP contribution in [0, 0.1) is 11.6 Å². The molecule has 0 bridgehead atoms. The fourth-order valence-electron chi connectivity index (χ4n) is 6.44. The number of piperidine rings is 2. The minimum atomic E-state index is -4.71. The lowest BCUT2D eigenvalue weighted by molar-refractivity contribution is -0.162. The Hall–Kier alpha value is -3.16. The highest BCUT2D eigenvalue weighted by Gasteiger charge is 2.45. The average molecular weight is 573 g/mol. The monoisotopic (exact) mass is 572 g/mol. The fraction of sp³-hybridized carbons (Fsp3) is 0.654. The van der Waals surface area contributed by atoms with Crippen molar-refractivity contribution >= 4 is 18.0 Å². The van der Waals surface area contributed by atoms with Gasteiger partial charge < -0.3 is 25.3 Å². The quantitative estimate of drug-likeness (QED) is 0.484. The lowest BCUT2D eigenvalue weighted by atomic mass is 9.93. The van der Waals surface area contributed by atoms with Crippen molar-refractivity contribution in [3.8, 4) is 0 Å². The molecule has 4 fully saturated rings. The van der Waals surface area contributed by atoms with Gasteiger partial charge in [-0.1, -0.05) is 12.1 Å². The molecule has 40 heavy (non-hydrogen) atoms. The van der Waals surface area contributed by atoms with Crippen molar-refractivity contribution in [2.75, 3.05) is 32.7 Å². The summed E-state index contributed by atoms with van der Waals surface area (Å²) in [5, 5.41) is 8.85. The molecule has 4 heterocycles. The smallest absolute Gasteiger partial charge is 0.331 e. The van der Waals surface area contributed by atoms with E-state index in [0.29, 0.717) is 30.8 Å². The van der Waals surface area contributed by atoms with Crippen molar-refractivity contribution < 1.29 is 36.3 Å². The topological polar surface area (TPSA) is 97.0 Å². The number of amides is 5. The highest BCUT2D eigenvalue weighted by atomic mass is 19.4. The van der Waals surface area contributed by atoms with E-state index in [-0.39, 0.29) is 42.7 Å². The maximum Gasteiger partial charge on any atom is 0.406 e. The average Bonchev–Trinajstić information content (AvgIpc) is 3.18. The minimum absolute atomic E-state index is 0.0277. The third kappa shape index (κ3) is 5.96. The molecule has 9 nitrogen and oxygen atoms in total. The van der Waals surface area contributed by atoms with Crippen LogP contribution in [0.5, 0.6) is 0 Å². The summed E-state index contributed by atoms with van der Waals surface area (Å²) >= 11 is 0. The first-order valence-electron chi connectivity index (χ1n) is 13.7. The van der Waals surface area contributed by atoms with Crippen molar-refractivity contribution in [2.24, 2.45) is 0 Å². The molecule has 4 atom stereocenters. The third-order valence-corrected chi connectivity index (χ3v) is 8.39. The molecule has 220 valence electrons. The van der Waals surface area contributed by atoms with E-state index in [9.17, 15) is 36.3 Å². The van der Waals surface area contributed by atoms with Gasteiger partial charge in [0.15, 0.2) is 11.6 Å². The van der Waals surface area contributed by atoms with Gasteiger partial charge in [0.2, 0.25) is 5.91 Å². The van der Waals surface area contributed by atoms with E-state index in [1.165, 1.54) is 17.0 Å². The summed E-state index contributed by atoms with van der Waals surface area (Å²) in [6.07, 6.45) is -1.84. The number of fused-ring (bicyclic) bond motifs is 1. The van der Waals surface area contributed by atoms with Crippen LogP contribution >= 0.6 is 0 Å². The number of carbonyl (C=O) groups is 3. The SMILES string of the molecule is O=C(N[C@@H]1CC[C@@H](c2cccc(F)c2F)CN(CC(F)(F)F)C1=O)N1CCC(N2C(=O)NC3NCCCC32)CC1. The molecule has 5 rings (SSSR count). The predicted octanol–water partition coefficient (Wildman–Crippen LogP) is 2.88. The second kappa shape index (κ2) is 11.4. The Balaban J connectivity index is 1.23. The Morgan fingerprint density at radius 2 is 1.80 bits per heavy atom. The number of hydrogen-bond acceptors (Lipinski definition) is 4. The molecule has 0 saturated carbocycles. The molecule has 0 aliphatic carbocycles. The summed E-state index contributed by atoms with van der Waals surface area (Å²) in [5.41, 5.74) is -0.102. The van der Waals surface area contributed by atoms with Gasteiger partial charge in [0, 0.05) is 31.6 Å². The molecule has 0 radical (unpaired) electrons. The molecule has 1 aromatic rings. The van der Waals surface area contributed by atoms with Gasteiger partial charge in [-0.2, -0.15) is 13.2 Å². The van der Waals surface area contributed by atoms with Gasteiger partial charge in [-0.25, -0.2) is 18.4 Å². The molecule has 14 heteroatoms. The Bertz CT molecular complexity index is 1130. The van der Waals surface area contributed by atoms with Crippen molar-refractivity contribution in [3.05, 3.63) is 35.4 Å². The number of nitrogens with one attached hydrogen (secondary N) is 3. The molecule has 3 N–H and O–H groups in total. The van der Waals surface area contributed by atoms with Crippen LogP contribution in [-0.4, -0.2) is 95.9 Å². The summed E-state index contributed by atoms with van der Waals surface area (Å²) in [6, 6.07) is 1.53. The van der Waals surface area contributed by atoms with Gasteiger partial charge in [-0.15, -0.1) is 0 Å². The Labute approximate surface area is 228 Å². The number of benzene rings is 1. The van der Waals surface area contributed by atoms with Crippen LogP contribution in [0.4, 0.5) is 31.5 Å². The molecule has 4 aliphatic heterocycles. The minimum Gasteiger partial charge on any atom is -0.331 e. The zero-order valence-corrected chi connectivity index (χ0v) is 21.9. The van der Waals surface area contributed by atoms with Crippen LogP contribution in [0.3, 0.4) is 0 Å². The summed E-state index contributed by atoms with van der Waals surface area (Å²) in [5.74, 6) is -4.06. The molecule has 4 aliphatic rings. The zero-order valence-electron chi connectivity index (χ0n) is 21.9. The molecular weight excluding hydrogens is 539 g/mol. The Morgan fingerprint density at radius 3 is 2.52 bits per heavy atom. The molecular formula is C26H33F5N6O3. The molecule has 0 spiro atoms. The largest absolute Gasteiger partial charge is 0.406 e. The number of alkyl halides is 3. The van der Waals surface area contributed by atoms with Crippen molar-refractivity contribution in [2.45, 2.75) is 74.9 Å². The van der Waals surface area contributed by atoms with E-state index in [2.05, 4.69) is 16.0 Å². The van der Waals surface area contributed by atoms with Gasteiger partial charge in [-0.05, 0) is 56.7 Å². The molecule has 5 amide bonds. The number of rotatable bonds is 4. The Morgan fingerprint density at radius 1 is 1.05 bits per heavy atom. The van der Waals surface area contributed by atoms with E-state index in [1.54, 1.807) is 0 Å². The molecule has 2 unspecified atom stereocenters. The van der Waals surface area contributed by atoms with E-state index in [0.717, 1.165) is 25.5 Å². The normalized spacial score (nSPS) is 28.3. The summed E-state index contributed by atoms with van der Waals surface area (Å²) in [6.45, 7) is -0.547. The van der Waals surface area contributed by atoms with Crippen LogP contribution in [0.1, 0.15) is 50.0 Å². The standard InChI is InChI=1S/C26H33F5N6O3/c27-18-4-1-3-17(21(18)28)15-6-7-19(23(38)36(13-15)14-26(29,30)31)33-24(39)35-11-8-16(9-12-35)37-20-5-2-10-32-22(20)34-25(37)40/h1,3-4,15-16,19-20,22,32H,2,5-14H2,(H,33,39)(H,34,40)/t15-,19-,20?,22?/m1/s1. The van der Waals surface area contributed by atoms with Crippen LogP contribution in [-0.2, 0) is 4.79 Å². The first-order valence-corrected chi connectivity index (χ1v) is 13.7. The Kier molecular flexibility index (Phi) is 8.07. The van der Waals surface area contributed by atoms with E-state index in [4.69, 9.17) is 0 Å². The second-order valence-corrected chi connectivity index (χ2v) is 11.0. The zero-order chi connectivity index (χ0) is 28.6. The number of halogens is 5. The predicted molar refractivity (Wildman–Crippen MR) is 133 cm³/mol. The van der Waals surface area contributed by atoms with E-state index in [1.807, 2.05) is 4.90 Å². The van der Waals surface area contributed by atoms with Gasteiger partial charge in [-0.3, -0.25) is 10.1 Å². The summed E-state index contributed by atoms with van der Waals surface area (Å²) in [7, 11) is 0. The summed E-state index contributed by atoms with van der Waals surface area (Å²) in [4.78, 5) is 42.8. The van der Waals surface area contributed by atoms with Crippen molar-refractivity contribution in [1.82, 2.24) is 30.7 Å². The number of carbonyl (C=O) groups excluding carboxylic acids is 3. The number of likely N-dealkylation sites (tertiary alicyclic amines) is 2.